The van der Waals surface area contributed by atoms with Gasteiger partial charge in [-0.15, -0.1) is 0 Å². The quantitative estimate of drug-likeness (QED) is 0.366. The molecule has 4 rings (SSSR count). The molecule has 0 saturated heterocycles. The fourth-order valence-electron chi connectivity index (χ4n) is 3.77. The molecule has 1 aromatic heterocycles. The first-order valence-electron chi connectivity index (χ1n) is 11.2. The molecule has 1 heterocycles. The molecule has 6 heteroatoms. The van der Waals surface area contributed by atoms with Gasteiger partial charge >= 0.3 is 0 Å². The summed E-state index contributed by atoms with van der Waals surface area (Å²) in [5, 5.41) is 5.75. The Morgan fingerprint density at radius 1 is 0.909 bits per heavy atom. The van der Waals surface area contributed by atoms with Crippen molar-refractivity contribution in [3.05, 3.63) is 90.3 Å². The van der Waals surface area contributed by atoms with Crippen LogP contribution in [0.25, 0.3) is 22.2 Å². The molecule has 0 aliphatic heterocycles. The first-order valence-corrected chi connectivity index (χ1v) is 11.2. The van der Waals surface area contributed by atoms with Crippen LogP contribution in [-0.4, -0.2) is 28.3 Å². The van der Waals surface area contributed by atoms with Gasteiger partial charge in [-0.1, -0.05) is 74.9 Å². The number of nitrogens with zero attached hydrogens (tertiary/aromatic N) is 1. The van der Waals surface area contributed by atoms with Crippen molar-refractivity contribution in [3.8, 4) is 11.1 Å². The van der Waals surface area contributed by atoms with Gasteiger partial charge in [0.1, 0.15) is 5.82 Å². The normalized spacial score (nSPS) is 12.8. The fourth-order valence-corrected chi connectivity index (χ4v) is 3.77. The second-order valence-electron chi connectivity index (χ2n) is 8.20. The van der Waals surface area contributed by atoms with E-state index < -0.39 is 0 Å². The number of aromatic amines is 1. The monoisotopic (exact) mass is 440 g/mol. The molecule has 0 saturated carbocycles. The Kier molecular flexibility index (Phi) is 6.83. The molecule has 168 valence electrons. The van der Waals surface area contributed by atoms with E-state index in [-0.39, 0.29) is 30.3 Å². The average Bonchev–Trinajstić information content (AvgIpc) is 3.30. The van der Waals surface area contributed by atoms with Gasteiger partial charge < -0.3 is 15.6 Å². The zero-order chi connectivity index (χ0) is 23.2. The summed E-state index contributed by atoms with van der Waals surface area (Å²) in [6, 6.07) is 24.8. The predicted molar refractivity (Wildman–Crippen MR) is 131 cm³/mol. The van der Waals surface area contributed by atoms with Crippen molar-refractivity contribution in [2.24, 2.45) is 5.92 Å². The van der Waals surface area contributed by atoms with E-state index in [0.717, 1.165) is 34.4 Å². The Morgan fingerprint density at radius 2 is 1.58 bits per heavy atom. The molecule has 3 N–H and O–H groups in total. The van der Waals surface area contributed by atoms with E-state index in [2.05, 4.69) is 34.4 Å². The average molecular weight is 441 g/mol. The number of hydrogen-bond acceptors (Lipinski definition) is 3. The van der Waals surface area contributed by atoms with Crippen LogP contribution < -0.4 is 10.6 Å². The van der Waals surface area contributed by atoms with Crippen molar-refractivity contribution >= 4 is 22.8 Å². The third-order valence-electron chi connectivity index (χ3n) is 5.90. The van der Waals surface area contributed by atoms with Gasteiger partial charge in [0.2, 0.25) is 5.91 Å². The Hall–Kier alpha value is -3.93. The van der Waals surface area contributed by atoms with Crippen molar-refractivity contribution < 1.29 is 9.59 Å². The lowest BCUT2D eigenvalue weighted by Crippen LogP contribution is -2.40. The molecule has 0 fully saturated rings. The highest BCUT2D eigenvalue weighted by molar-refractivity contribution is 5.96. The zero-order valence-corrected chi connectivity index (χ0v) is 18.8. The molecule has 3 aromatic carbocycles. The molecular weight excluding hydrogens is 412 g/mol. The summed E-state index contributed by atoms with van der Waals surface area (Å²) < 4.78 is 0. The van der Waals surface area contributed by atoms with Gasteiger partial charge in [0.25, 0.3) is 5.91 Å². The number of nitrogens with one attached hydrogen (secondary N) is 3. The van der Waals surface area contributed by atoms with Gasteiger partial charge in [0.05, 0.1) is 23.6 Å². The maximum atomic E-state index is 12.7. The Bertz CT molecular complexity index is 1200. The van der Waals surface area contributed by atoms with Crippen LogP contribution in [0.4, 0.5) is 0 Å². The number of carbonyl (C=O) groups excluding carboxylic acids is 2. The minimum atomic E-state index is -0.284. The maximum absolute atomic E-state index is 12.7. The molecular formula is C27H28N4O2. The lowest BCUT2D eigenvalue weighted by Gasteiger charge is -2.22. The number of hydrogen-bond donors (Lipinski definition) is 3. The summed E-state index contributed by atoms with van der Waals surface area (Å²) in [5.41, 5.74) is 4.43. The van der Waals surface area contributed by atoms with Gasteiger partial charge in [-0.3, -0.25) is 9.59 Å². The highest BCUT2D eigenvalue weighted by Gasteiger charge is 2.23. The highest BCUT2D eigenvalue weighted by atomic mass is 16.2. The molecule has 6 nitrogen and oxygen atoms in total. The molecule has 4 aromatic rings. The number of amides is 2. The van der Waals surface area contributed by atoms with E-state index >= 15 is 0 Å². The second kappa shape index (κ2) is 10.1. The van der Waals surface area contributed by atoms with Crippen LogP contribution in [-0.2, 0) is 4.79 Å². The van der Waals surface area contributed by atoms with Crippen LogP contribution in [0.5, 0.6) is 0 Å². The largest absolute Gasteiger partial charge is 0.344 e. The van der Waals surface area contributed by atoms with Crippen molar-refractivity contribution in [2.75, 3.05) is 6.54 Å². The van der Waals surface area contributed by atoms with Crippen molar-refractivity contribution in [2.45, 2.75) is 26.3 Å². The summed E-state index contributed by atoms with van der Waals surface area (Å²) in [7, 11) is 0. The minimum absolute atomic E-state index is 0.105. The molecule has 2 amide bonds. The first kappa shape index (κ1) is 22.3. The van der Waals surface area contributed by atoms with Gasteiger partial charge in [0.15, 0.2) is 0 Å². The highest BCUT2D eigenvalue weighted by Crippen LogP contribution is 2.24. The fraction of sp³-hybridized carbons (Fsp3) is 0.222. The number of para-hydroxylation sites is 2. The van der Waals surface area contributed by atoms with E-state index in [1.165, 1.54) is 0 Å². The van der Waals surface area contributed by atoms with Crippen LogP contribution in [0.1, 0.15) is 42.5 Å². The Labute approximate surface area is 193 Å². The van der Waals surface area contributed by atoms with Crippen LogP contribution in [0.3, 0.4) is 0 Å². The molecule has 0 aliphatic rings. The van der Waals surface area contributed by atoms with Gasteiger partial charge in [-0.2, -0.15) is 0 Å². The molecule has 0 aliphatic carbocycles. The van der Waals surface area contributed by atoms with Crippen molar-refractivity contribution in [1.29, 1.82) is 0 Å². The van der Waals surface area contributed by atoms with Gasteiger partial charge in [-0.05, 0) is 41.3 Å². The topological polar surface area (TPSA) is 86.9 Å². The summed E-state index contributed by atoms with van der Waals surface area (Å²) >= 11 is 0. The lowest BCUT2D eigenvalue weighted by atomic mass is 9.98. The molecule has 0 radical (unpaired) electrons. The van der Waals surface area contributed by atoms with E-state index in [1.54, 1.807) is 12.1 Å². The van der Waals surface area contributed by atoms with E-state index in [0.29, 0.717) is 5.56 Å². The third kappa shape index (κ3) is 5.29. The SMILES string of the molecule is CCC(C)C(NC(=O)CNC(=O)c1ccc(-c2ccccc2)cc1)c1nc2ccccc2[nH]1. The van der Waals surface area contributed by atoms with Crippen LogP contribution in [0, 0.1) is 5.92 Å². The number of rotatable bonds is 8. The number of benzene rings is 3. The van der Waals surface area contributed by atoms with Crippen LogP contribution in [0.15, 0.2) is 78.9 Å². The molecule has 0 bridgehead atoms. The van der Waals surface area contributed by atoms with Gasteiger partial charge in [0, 0.05) is 5.56 Å². The van der Waals surface area contributed by atoms with Crippen molar-refractivity contribution in [1.82, 2.24) is 20.6 Å². The van der Waals surface area contributed by atoms with Crippen molar-refractivity contribution in [3.63, 3.8) is 0 Å². The maximum Gasteiger partial charge on any atom is 0.251 e. The van der Waals surface area contributed by atoms with E-state index in [4.69, 9.17) is 0 Å². The Morgan fingerprint density at radius 3 is 2.27 bits per heavy atom. The zero-order valence-electron chi connectivity index (χ0n) is 18.8. The van der Waals surface area contributed by atoms with E-state index in [9.17, 15) is 9.59 Å². The number of H-pyrrole nitrogens is 1. The summed E-state index contributed by atoms with van der Waals surface area (Å²) in [5.74, 6) is 0.362. The first-order chi connectivity index (χ1) is 16.0. The summed E-state index contributed by atoms with van der Waals surface area (Å²) in [4.78, 5) is 33.2. The van der Waals surface area contributed by atoms with Crippen LogP contribution in [0.2, 0.25) is 0 Å². The summed E-state index contributed by atoms with van der Waals surface area (Å²) in [6.07, 6.45) is 0.877. The molecule has 2 unspecified atom stereocenters. The minimum Gasteiger partial charge on any atom is -0.344 e. The molecule has 0 spiro atoms. The predicted octanol–water partition coefficient (Wildman–Crippen LogP) is 4.86. The summed E-state index contributed by atoms with van der Waals surface area (Å²) in [6.45, 7) is 4.05. The van der Waals surface area contributed by atoms with Gasteiger partial charge in [-0.25, -0.2) is 4.98 Å². The smallest absolute Gasteiger partial charge is 0.251 e. The van der Waals surface area contributed by atoms with Crippen LogP contribution >= 0.6 is 0 Å². The third-order valence-corrected chi connectivity index (χ3v) is 5.90. The lowest BCUT2D eigenvalue weighted by molar-refractivity contribution is -0.121. The Balaban J connectivity index is 1.38. The second-order valence-corrected chi connectivity index (χ2v) is 8.20. The standard InChI is InChI=1S/C27H28N4O2/c1-3-18(2)25(26-29-22-11-7-8-12-23(22)30-26)31-24(32)17-28-27(33)21-15-13-20(14-16-21)19-9-5-4-6-10-19/h4-16,18,25H,3,17H2,1-2H3,(H,28,33)(H,29,30)(H,31,32). The molecule has 2 atom stereocenters. The number of imidazole rings is 1. The number of fused-ring (bicyclic) bond motifs is 1. The number of aromatic nitrogens is 2. The van der Waals surface area contributed by atoms with E-state index in [1.807, 2.05) is 66.7 Å². The number of carbonyl (C=O) groups is 2. The molecule has 33 heavy (non-hydrogen) atoms.